The lowest BCUT2D eigenvalue weighted by Gasteiger charge is -2.08. The normalized spacial score (nSPS) is 12.8. The van der Waals surface area contributed by atoms with Gasteiger partial charge in [-0.2, -0.15) is 0 Å². The minimum absolute atomic E-state index is 0.468. The molecule has 23 heavy (non-hydrogen) atoms. The average Bonchev–Trinajstić information content (AvgIpc) is 3.20. The summed E-state index contributed by atoms with van der Waals surface area (Å²) in [5, 5.41) is 9.27. The Hall–Kier alpha value is -2.80. The fourth-order valence-corrected chi connectivity index (χ4v) is 3.24. The zero-order chi connectivity index (χ0) is 15.8. The largest absolute Gasteiger partial charge is 0.480 e. The Balaban J connectivity index is 1.77. The number of hydrogen-bond donors (Lipinski definition) is 1. The fourth-order valence-electron chi connectivity index (χ4n) is 2.63. The Kier molecular flexibility index (Phi) is 3.27. The molecule has 1 aliphatic rings. The second kappa shape index (κ2) is 5.44. The lowest BCUT2D eigenvalue weighted by molar-refractivity contribution is 0.395. The zero-order valence-corrected chi connectivity index (χ0v) is 13.2. The number of allylic oxidation sites excluding steroid dienone is 1. The second-order valence-corrected chi connectivity index (χ2v) is 6.10. The van der Waals surface area contributed by atoms with Crippen LogP contribution in [0.3, 0.4) is 0 Å². The molecule has 0 amide bonds. The van der Waals surface area contributed by atoms with E-state index in [9.17, 15) is 0 Å². The Labute approximate surface area is 136 Å². The Morgan fingerprint density at radius 1 is 1.22 bits per heavy atom. The van der Waals surface area contributed by atoms with Crippen LogP contribution in [0.4, 0.5) is 5.13 Å². The molecule has 7 heteroatoms. The van der Waals surface area contributed by atoms with Crippen molar-refractivity contribution in [2.75, 3.05) is 12.8 Å². The molecule has 0 bridgehead atoms. The molecule has 0 unspecified atom stereocenters. The number of nitrogen functional groups attached to an aromatic ring is 1. The predicted molar refractivity (Wildman–Crippen MR) is 89.1 cm³/mol. The van der Waals surface area contributed by atoms with Crippen molar-refractivity contribution in [3.05, 3.63) is 53.5 Å². The summed E-state index contributed by atoms with van der Waals surface area (Å²) in [6, 6.07) is 6.27. The third kappa shape index (κ3) is 2.44. The SMILES string of the molecule is COc1cncc(C2=CCc3ccc(-c4nnc(N)s4)cc32)n1. The van der Waals surface area contributed by atoms with E-state index in [0.717, 1.165) is 33.8 Å². The molecule has 6 nitrogen and oxygen atoms in total. The molecule has 3 aromatic rings. The number of anilines is 1. The molecule has 2 N–H and O–H groups in total. The lowest BCUT2D eigenvalue weighted by atomic mass is 10.0. The molecule has 0 spiro atoms. The van der Waals surface area contributed by atoms with Gasteiger partial charge in [0, 0.05) is 11.1 Å². The molecule has 0 saturated carbocycles. The van der Waals surface area contributed by atoms with Crippen molar-refractivity contribution in [1.29, 1.82) is 0 Å². The van der Waals surface area contributed by atoms with Crippen LogP contribution in [0.1, 0.15) is 16.8 Å². The van der Waals surface area contributed by atoms with Crippen LogP contribution in [0.2, 0.25) is 0 Å². The number of methoxy groups -OCH3 is 1. The highest BCUT2D eigenvalue weighted by molar-refractivity contribution is 7.18. The van der Waals surface area contributed by atoms with Crippen LogP contribution in [-0.4, -0.2) is 27.3 Å². The standard InChI is InChI=1S/C16H13N5OS/c1-22-14-8-18-7-13(19-14)11-5-4-9-2-3-10(6-12(9)11)15-20-21-16(17)23-15/h2-3,5-8H,4H2,1H3,(H2,17,21). The molecular formula is C16H13N5OS. The van der Waals surface area contributed by atoms with E-state index in [1.165, 1.54) is 16.9 Å². The Bertz CT molecular complexity index is 918. The average molecular weight is 323 g/mol. The molecule has 1 aromatic carbocycles. The van der Waals surface area contributed by atoms with E-state index in [4.69, 9.17) is 10.5 Å². The van der Waals surface area contributed by atoms with Crippen molar-refractivity contribution >= 4 is 22.0 Å². The van der Waals surface area contributed by atoms with Gasteiger partial charge in [-0.3, -0.25) is 4.98 Å². The van der Waals surface area contributed by atoms with Gasteiger partial charge >= 0.3 is 0 Å². The van der Waals surface area contributed by atoms with Crippen LogP contribution in [0.5, 0.6) is 5.88 Å². The van der Waals surface area contributed by atoms with Gasteiger partial charge in [0.05, 0.1) is 25.2 Å². The molecule has 0 saturated heterocycles. The maximum Gasteiger partial charge on any atom is 0.232 e. The van der Waals surface area contributed by atoms with Gasteiger partial charge in [-0.25, -0.2) is 4.98 Å². The monoisotopic (exact) mass is 323 g/mol. The van der Waals surface area contributed by atoms with Crippen LogP contribution < -0.4 is 10.5 Å². The first-order valence-corrected chi connectivity index (χ1v) is 7.85. The van der Waals surface area contributed by atoms with E-state index in [0.29, 0.717) is 11.0 Å². The number of hydrogen-bond acceptors (Lipinski definition) is 7. The van der Waals surface area contributed by atoms with E-state index in [1.807, 2.05) is 6.07 Å². The van der Waals surface area contributed by atoms with Gasteiger partial charge in [0.1, 0.15) is 5.01 Å². The molecule has 2 aromatic heterocycles. The predicted octanol–water partition coefficient (Wildman–Crippen LogP) is 2.57. The zero-order valence-electron chi connectivity index (χ0n) is 12.4. The Morgan fingerprint density at radius 2 is 2.13 bits per heavy atom. The number of nitrogens with zero attached hydrogens (tertiary/aromatic N) is 4. The summed E-state index contributed by atoms with van der Waals surface area (Å²) in [5.74, 6) is 0.505. The van der Waals surface area contributed by atoms with Crippen molar-refractivity contribution in [2.24, 2.45) is 0 Å². The van der Waals surface area contributed by atoms with Gasteiger partial charge in [-0.15, -0.1) is 10.2 Å². The quantitative estimate of drug-likeness (QED) is 0.797. The summed E-state index contributed by atoms with van der Waals surface area (Å²) >= 11 is 1.38. The van der Waals surface area contributed by atoms with Crippen LogP contribution >= 0.6 is 11.3 Å². The topological polar surface area (TPSA) is 86.8 Å². The highest BCUT2D eigenvalue weighted by atomic mass is 32.1. The molecule has 0 atom stereocenters. The van der Waals surface area contributed by atoms with Gasteiger partial charge < -0.3 is 10.5 Å². The summed E-state index contributed by atoms with van der Waals surface area (Å²) in [5.41, 5.74) is 10.9. The third-order valence-electron chi connectivity index (χ3n) is 3.71. The summed E-state index contributed by atoms with van der Waals surface area (Å²) in [6.07, 6.45) is 6.38. The molecule has 4 rings (SSSR count). The van der Waals surface area contributed by atoms with E-state index in [-0.39, 0.29) is 0 Å². The Morgan fingerprint density at radius 3 is 2.91 bits per heavy atom. The van der Waals surface area contributed by atoms with Crippen LogP contribution in [0.25, 0.3) is 16.1 Å². The highest BCUT2D eigenvalue weighted by Gasteiger charge is 2.19. The van der Waals surface area contributed by atoms with E-state index < -0.39 is 0 Å². The van der Waals surface area contributed by atoms with Crippen molar-refractivity contribution in [3.63, 3.8) is 0 Å². The first-order chi connectivity index (χ1) is 11.2. The molecule has 0 fully saturated rings. The maximum atomic E-state index is 5.68. The van der Waals surface area contributed by atoms with E-state index in [1.54, 1.807) is 19.5 Å². The van der Waals surface area contributed by atoms with Gasteiger partial charge in [0.2, 0.25) is 11.0 Å². The summed E-state index contributed by atoms with van der Waals surface area (Å²) in [6.45, 7) is 0. The number of aromatic nitrogens is 4. The first-order valence-electron chi connectivity index (χ1n) is 7.04. The highest BCUT2D eigenvalue weighted by Crippen LogP contribution is 2.36. The van der Waals surface area contributed by atoms with Crippen LogP contribution in [0.15, 0.2) is 36.7 Å². The van der Waals surface area contributed by atoms with Gasteiger partial charge in [-0.05, 0) is 23.6 Å². The minimum atomic E-state index is 0.468. The molecular weight excluding hydrogens is 310 g/mol. The second-order valence-electron chi connectivity index (χ2n) is 5.09. The van der Waals surface area contributed by atoms with Crippen LogP contribution in [-0.2, 0) is 6.42 Å². The number of fused-ring (bicyclic) bond motifs is 1. The molecule has 0 radical (unpaired) electrons. The first kappa shape index (κ1) is 13.8. The number of ether oxygens (including phenoxy) is 1. The van der Waals surface area contributed by atoms with Gasteiger partial charge in [0.15, 0.2) is 0 Å². The lowest BCUT2D eigenvalue weighted by Crippen LogP contribution is -1.96. The number of rotatable bonds is 3. The smallest absolute Gasteiger partial charge is 0.232 e. The molecule has 114 valence electrons. The summed E-state index contributed by atoms with van der Waals surface area (Å²) in [4.78, 5) is 8.67. The summed E-state index contributed by atoms with van der Waals surface area (Å²) in [7, 11) is 1.59. The van der Waals surface area contributed by atoms with E-state index >= 15 is 0 Å². The summed E-state index contributed by atoms with van der Waals surface area (Å²) < 4.78 is 5.17. The molecule has 0 aliphatic heterocycles. The fraction of sp³-hybridized carbons (Fsp3) is 0.125. The minimum Gasteiger partial charge on any atom is -0.480 e. The third-order valence-corrected chi connectivity index (χ3v) is 4.51. The van der Waals surface area contributed by atoms with Crippen LogP contribution in [0, 0.1) is 0 Å². The van der Waals surface area contributed by atoms with Gasteiger partial charge in [-0.1, -0.05) is 29.5 Å². The molecule has 2 heterocycles. The van der Waals surface area contributed by atoms with Crippen molar-refractivity contribution < 1.29 is 4.74 Å². The maximum absolute atomic E-state index is 5.68. The van der Waals surface area contributed by atoms with E-state index in [2.05, 4.69) is 38.4 Å². The van der Waals surface area contributed by atoms with Gasteiger partial charge in [0.25, 0.3) is 0 Å². The van der Waals surface area contributed by atoms with Crippen molar-refractivity contribution in [2.45, 2.75) is 6.42 Å². The van der Waals surface area contributed by atoms with Crippen molar-refractivity contribution in [1.82, 2.24) is 20.2 Å². The van der Waals surface area contributed by atoms with Crippen molar-refractivity contribution in [3.8, 4) is 16.5 Å². The number of nitrogens with two attached hydrogens (primary N) is 1. The molecule has 1 aliphatic carbocycles. The number of benzene rings is 1.